The number of carbonyl (C=O) groups excluding carboxylic acids is 1. The molecule has 0 spiro atoms. The standard InChI is InChI=1S/C12H15FN2O4S2/c1-7(12(16)19-2)21(17,18)15-6-9-4-3-8(11(14)20)5-10(9)13/h3-5,7,15H,6H2,1-2H3,(H2,14,20). The lowest BCUT2D eigenvalue weighted by Crippen LogP contribution is -2.38. The van der Waals surface area contributed by atoms with Gasteiger partial charge in [-0.05, 0) is 13.0 Å². The number of nitrogens with one attached hydrogen (secondary N) is 1. The quantitative estimate of drug-likeness (QED) is 0.579. The van der Waals surface area contributed by atoms with E-state index < -0.39 is 27.1 Å². The van der Waals surface area contributed by atoms with E-state index in [9.17, 15) is 17.6 Å². The van der Waals surface area contributed by atoms with E-state index in [1.807, 2.05) is 0 Å². The van der Waals surface area contributed by atoms with Crippen LogP contribution in [0.4, 0.5) is 4.39 Å². The van der Waals surface area contributed by atoms with Crippen LogP contribution in [0.3, 0.4) is 0 Å². The molecule has 1 aromatic carbocycles. The topological polar surface area (TPSA) is 98.5 Å². The van der Waals surface area contributed by atoms with Crippen LogP contribution >= 0.6 is 12.2 Å². The van der Waals surface area contributed by atoms with Crippen molar-refractivity contribution >= 4 is 33.2 Å². The van der Waals surface area contributed by atoms with Gasteiger partial charge in [-0.15, -0.1) is 0 Å². The zero-order chi connectivity index (χ0) is 16.2. The summed E-state index contributed by atoms with van der Waals surface area (Å²) in [5, 5.41) is -1.39. The van der Waals surface area contributed by atoms with E-state index in [1.54, 1.807) is 0 Å². The number of hydrogen-bond acceptors (Lipinski definition) is 5. The molecule has 0 aliphatic heterocycles. The van der Waals surface area contributed by atoms with Crippen molar-refractivity contribution < 1.29 is 22.3 Å². The predicted octanol–water partition coefficient (Wildman–Crippen LogP) is 0.441. The fourth-order valence-corrected chi connectivity index (χ4v) is 2.52. The van der Waals surface area contributed by atoms with Crippen LogP contribution in [-0.2, 0) is 26.1 Å². The Hall–Kier alpha value is -1.58. The fraction of sp³-hybridized carbons (Fsp3) is 0.333. The highest BCUT2D eigenvalue weighted by Gasteiger charge is 2.28. The smallest absolute Gasteiger partial charge is 0.325 e. The second-order valence-corrected chi connectivity index (χ2v) is 6.73. The van der Waals surface area contributed by atoms with Gasteiger partial charge < -0.3 is 10.5 Å². The van der Waals surface area contributed by atoms with E-state index in [0.717, 1.165) is 13.2 Å². The van der Waals surface area contributed by atoms with E-state index in [2.05, 4.69) is 9.46 Å². The molecule has 0 radical (unpaired) electrons. The summed E-state index contributed by atoms with van der Waals surface area (Å²) in [6, 6.07) is 3.98. The second kappa shape index (κ2) is 6.92. The van der Waals surface area contributed by atoms with Crippen molar-refractivity contribution in [2.24, 2.45) is 5.73 Å². The first-order valence-corrected chi connectivity index (χ1v) is 7.79. The SMILES string of the molecule is COC(=O)C(C)S(=O)(=O)NCc1ccc(C(N)=S)cc1F. The van der Waals surface area contributed by atoms with Crippen molar-refractivity contribution in [2.75, 3.05) is 7.11 Å². The van der Waals surface area contributed by atoms with E-state index in [-0.39, 0.29) is 17.1 Å². The van der Waals surface area contributed by atoms with Gasteiger partial charge >= 0.3 is 5.97 Å². The Morgan fingerprint density at radius 3 is 2.62 bits per heavy atom. The molecule has 116 valence electrons. The minimum Gasteiger partial charge on any atom is -0.468 e. The minimum atomic E-state index is -3.95. The van der Waals surface area contributed by atoms with Crippen LogP contribution in [0.15, 0.2) is 18.2 Å². The van der Waals surface area contributed by atoms with Gasteiger partial charge in [0.2, 0.25) is 10.0 Å². The molecular formula is C12H15FN2O4S2. The van der Waals surface area contributed by atoms with Crippen molar-refractivity contribution in [3.05, 3.63) is 35.1 Å². The number of rotatable bonds is 6. The Balaban J connectivity index is 2.84. The number of ether oxygens (including phenoxy) is 1. The first-order valence-electron chi connectivity index (χ1n) is 5.83. The van der Waals surface area contributed by atoms with Crippen molar-refractivity contribution in [2.45, 2.75) is 18.7 Å². The normalized spacial score (nSPS) is 12.7. The lowest BCUT2D eigenvalue weighted by Gasteiger charge is -2.12. The van der Waals surface area contributed by atoms with Crippen molar-refractivity contribution in [3.8, 4) is 0 Å². The van der Waals surface area contributed by atoms with Crippen LogP contribution in [0.2, 0.25) is 0 Å². The number of carbonyl (C=O) groups is 1. The third-order valence-corrected chi connectivity index (χ3v) is 4.71. The maximum absolute atomic E-state index is 13.8. The molecule has 0 aromatic heterocycles. The Morgan fingerprint density at radius 2 is 2.14 bits per heavy atom. The van der Waals surface area contributed by atoms with Gasteiger partial charge in [-0.2, -0.15) is 0 Å². The summed E-state index contributed by atoms with van der Waals surface area (Å²) in [6.07, 6.45) is 0. The second-order valence-electron chi connectivity index (χ2n) is 4.20. The number of nitrogens with two attached hydrogens (primary N) is 1. The zero-order valence-electron chi connectivity index (χ0n) is 11.4. The lowest BCUT2D eigenvalue weighted by molar-refractivity contribution is -0.139. The van der Waals surface area contributed by atoms with Crippen LogP contribution in [0.25, 0.3) is 0 Å². The highest BCUT2D eigenvalue weighted by molar-refractivity contribution is 7.90. The number of hydrogen-bond donors (Lipinski definition) is 2. The molecule has 0 heterocycles. The molecule has 0 saturated heterocycles. The molecule has 0 aliphatic carbocycles. The van der Waals surface area contributed by atoms with E-state index in [0.29, 0.717) is 5.56 Å². The van der Waals surface area contributed by atoms with Gasteiger partial charge in [0, 0.05) is 17.7 Å². The third-order valence-electron chi connectivity index (χ3n) is 2.80. The zero-order valence-corrected chi connectivity index (χ0v) is 13.1. The molecule has 21 heavy (non-hydrogen) atoms. The number of thiocarbonyl (C=S) groups is 1. The lowest BCUT2D eigenvalue weighted by atomic mass is 10.1. The molecule has 1 rings (SSSR count). The number of esters is 1. The summed E-state index contributed by atoms with van der Waals surface area (Å²) >= 11 is 4.71. The Morgan fingerprint density at radius 1 is 1.52 bits per heavy atom. The van der Waals surface area contributed by atoms with Gasteiger partial charge in [-0.25, -0.2) is 17.5 Å². The molecule has 0 fully saturated rings. The van der Waals surface area contributed by atoms with E-state index >= 15 is 0 Å². The van der Waals surface area contributed by atoms with Crippen LogP contribution in [0, 0.1) is 5.82 Å². The molecule has 0 aliphatic rings. The maximum atomic E-state index is 13.8. The summed E-state index contributed by atoms with van der Waals surface area (Å²) in [6.45, 7) is 0.883. The molecular weight excluding hydrogens is 319 g/mol. The number of halogens is 1. The summed E-state index contributed by atoms with van der Waals surface area (Å²) < 4.78 is 43.9. The van der Waals surface area contributed by atoms with Crippen molar-refractivity contribution in [1.82, 2.24) is 4.72 Å². The Kier molecular flexibility index (Phi) is 5.76. The summed E-state index contributed by atoms with van der Waals surface area (Å²) in [7, 11) is -2.87. The Labute approximate surface area is 127 Å². The van der Waals surface area contributed by atoms with Crippen molar-refractivity contribution in [1.29, 1.82) is 0 Å². The van der Waals surface area contributed by atoms with Gasteiger partial charge in [0.1, 0.15) is 10.8 Å². The molecule has 1 atom stereocenters. The van der Waals surface area contributed by atoms with Gasteiger partial charge in [-0.3, -0.25) is 4.79 Å². The molecule has 1 unspecified atom stereocenters. The summed E-state index contributed by atoms with van der Waals surface area (Å²) in [5.74, 6) is -1.54. The molecule has 3 N–H and O–H groups in total. The molecule has 0 bridgehead atoms. The van der Waals surface area contributed by atoms with E-state index in [4.69, 9.17) is 18.0 Å². The first kappa shape index (κ1) is 17.5. The average molecular weight is 334 g/mol. The Bertz CT molecular complexity index is 661. The molecule has 6 nitrogen and oxygen atoms in total. The fourth-order valence-electron chi connectivity index (χ4n) is 1.44. The monoisotopic (exact) mass is 334 g/mol. The van der Waals surface area contributed by atoms with Gasteiger partial charge in [0.15, 0.2) is 5.25 Å². The van der Waals surface area contributed by atoms with Crippen LogP contribution in [-0.4, -0.2) is 31.7 Å². The molecule has 0 amide bonds. The van der Waals surface area contributed by atoms with Crippen LogP contribution in [0.1, 0.15) is 18.1 Å². The van der Waals surface area contributed by atoms with Gasteiger partial charge in [-0.1, -0.05) is 24.4 Å². The number of benzene rings is 1. The number of methoxy groups -OCH3 is 1. The molecule has 1 aromatic rings. The molecule has 9 heteroatoms. The average Bonchev–Trinajstić information content (AvgIpc) is 2.44. The first-order chi connectivity index (χ1) is 9.69. The van der Waals surface area contributed by atoms with Gasteiger partial charge in [0.05, 0.1) is 7.11 Å². The minimum absolute atomic E-state index is 0.0420. The maximum Gasteiger partial charge on any atom is 0.325 e. The summed E-state index contributed by atoms with van der Waals surface area (Å²) in [4.78, 5) is 11.3. The number of sulfonamides is 1. The predicted molar refractivity (Wildman–Crippen MR) is 79.5 cm³/mol. The summed E-state index contributed by atoms with van der Waals surface area (Å²) in [5.41, 5.74) is 5.82. The largest absolute Gasteiger partial charge is 0.468 e. The van der Waals surface area contributed by atoms with Crippen molar-refractivity contribution in [3.63, 3.8) is 0 Å². The highest BCUT2D eigenvalue weighted by atomic mass is 32.2. The molecule has 0 saturated carbocycles. The van der Waals surface area contributed by atoms with E-state index in [1.165, 1.54) is 19.1 Å². The third kappa shape index (κ3) is 4.45. The van der Waals surface area contributed by atoms with Crippen LogP contribution < -0.4 is 10.5 Å². The van der Waals surface area contributed by atoms with Gasteiger partial charge in [0.25, 0.3) is 0 Å². The van der Waals surface area contributed by atoms with Crippen LogP contribution in [0.5, 0.6) is 0 Å². The highest BCUT2D eigenvalue weighted by Crippen LogP contribution is 2.11.